The molecule has 3 aromatic rings. The van der Waals surface area contributed by atoms with Crippen LogP contribution in [0.3, 0.4) is 0 Å². The Bertz CT molecular complexity index is 1420. The first-order chi connectivity index (χ1) is 17.3. The molecule has 163 valence electrons. The van der Waals surface area contributed by atoms with Crippen LogP contribution in [0, 0.1) is 5.92 Å². The van der Waals surface area contributed by atoms with Gasteiger partial charge in [-0.3, -0.25) is 0 Å². The van der Waals surface area contributed by atoms with Crippen molar-refractivity contribution in [2.45, 2.75) is 32.6 Å². The van der Waals surface area contributed by atoms with Crippen molar-refractivity contribution in [2.24, 2.45) is 13.0 Å². The molecule has 0 unspecified atom stereocenters. The van der Waals surface area contributed by atoms with E-state index in [1.54, 1.807) is 43.3 Å². The third-order valence-corrected chi connectivity index (χ3v) is 7.79. The number of hydrogen-bond donors (Lipinski definition) is 1. The molecule has 3 aromatic heterocycles. The van der Waals surface area contributed by atoms with E-state index in [2.05, 4.69) is 20.4 Å². The Kier molecular flexibility index (Phi) is 4.02. The number of Topliss-reactive ketones (excluding diaryl/α,β-unsaturated/α-hetero) is 1. The predicted molar refractivity (Wildman–Crippen MR) is 124 cm³/mol. The minimum atomic E-state index is -2.44. The molecule has 0 aromatic carbocycles. The number of rotatable bonds is 6. The predicted octanol–water partition coefficient (Wildman–Crippen LogP) is 1.42. The zero-order chi connectivity index (χ0) is 26.7. The Morgan fingerprint density at radius 3 is 2.97 bits per heavy atom. The number of carbonyl (C=O) groups is 2. The first kappa shape index (κ1) is 15.8. The Balaban J connectivity index is 1.59. The van der Waals surface area contributed by atoms with Gasteiger partial charge >= 0.3 is 200 Å². The fraction of sp³-hybridized carbons (Fsp3) is 0.348. The number of aromatic nitrogens is 4. The molecule has 32 heavy (non-hydrogen) atoms. The zero-order valence-corrected chi connectivity index (χ0v) is 19.5. The molecule has 0 bridgehead atoms. The molecule has 1 N–H and O–H groups in total. The van der Waals surface area contributed by atoms with Gasteiger partial charge in [0.05, 0.1) is 0 Å². The fourth-order valence-electron chi connectivity index (χ4n) is 3.66. The molecule has 0 spiro atoms. The average Bonchev–Trinajstić information content (AvgIpc) is 3.58. The Morgan fingerprint density at radius 2 is 2.19 bits per heavy atom. The average molecular weight is 496 g/mol. The number of carbonyl (C=O) groups excluding carboxylic acids is 2. The minimum absolute atomic E-state index is 0.0401. The molecule has 1 amide bonds. The van der Waals surface area contributed by atoms with Gasteiger partial charge in [0.1, 0.15) is 0 Å². The molecule has 1 aliphatic carbocycles. The van der Waals surface area contributed by atoms with Gasteiger partial charge in [0.2, 0.25) is 0 Å². The number of hydrogen-bond acceptors (Lipinski definition) is 6. The molecule has 1 fully saturated rings. The maximum atomic E-state index is 13.0. The molecular weight excluding hydrogens is 467 g/mol. The van der Waals surface area contributed by atoms with Crippen molar-refractivity contribution in [1.82, 2.24) is 19.7 Å². The summed E-state index contributed by atoms with van der Waals surface area (Å²) in [7, 11) is 3.38. The van der Waals surface area contributed by atoms with Crippen LogP contribution in [0.4, 0.5) is 11.5 Å². The first-order valence-electron chi connectivity index (χ1n) is 12.7. The van der Waals surface area contributed by atoms with E-state index in [1.807, 2.05) is 0 Å². The molecule has 4 heterocycles. The van der Waals surface area contributed by atoms with Gasteiger partial charge in [-0.05, 0) is 0 Å². The number of pyridine rings is 2. The molecule has 5 rings (SSSR count). The summed E-state index contributed by atoms with van der Waals surface area (Å²) in [5, 5.41) is 7.27. The summed E-state index contributed by atoms with van der Waals surface area (Å²) < 4.78 is 42.8. The SMILES string of the molecule is [2H]C([2H])([2H])CC(=O)c1cnc(NC(=O)C2CC2)cc1[As]c1nccc2c1N(C)C([2H])([2H])c1cn(C)nc1-2. The summed E-state index contributed by atoms with van der Waals surface area (Å²) in [5.74, 6) is -0.463. The monoisotopic (exact) mass is 496 g/mol. The number of amides is 1. The van der Waals surface area contributed by atoms with Gasteiger partial charge in [-0.2, -0.15) is 0 Å². The van der Waals surface area contributed by atoms with E-state index in [9.17, 15) is 9.59 Å². The second-order valence-corrected chi connectivity index (χ2v) is 10.2. The topological polar surface area (TPSA) is 93.0 Å². The second-order valence-electron chi connectivity index (χ2n) is 7.83. The van der Waals surface area contributed by atoms with E-state index in [4.69, 9.17) is 6.85 Å². The Hall–Kier alpha value is -2.99. The molecule has 1 radical (unpaired) electrons. The van der Waals surface area contributed by atoms with Crippen LogP contribution < -0.4 is 19.0 Å². The number of nitrogens with zero attached hydrogens (tertiary/aromatic N) is 5. The third kappa shape index (κ3) is 3.84. The van der Waals surface area contributed by atoms with Crippen molar-refractivity contribution >= 4 is 47.8 Å². The number of anilines is 2. The van der Waals surface area contributed by atoms with Crippen LogP contribution in [-0.2, 0) is 18.3 Å². The van der Waals surface area contributed by atoms with E-state index in [1.165, 1.54) is 11.1 Å². The summed E-state index contributed by atoms with van der Waals surface area (Å²) in [5.41, 5.74) is 2.42. The summed E-state index contributed by atoms with van der Waals surface area (Å²) in [6, 6.07) is 3.39. The van der Waals surface area contributed by atoms with Gasteiger partial charge < -0.3 is 0 Å². The number of ketones is 1. The summed E-state index contributed by atoms with van der Waals surface area (Å²) in [6.45, 7) is -4.30. The number of aryl methyl sites for hydroxylation is 1. The molecule has 1 aliphatic heterocycles. The Labute approximate surface area is 200 Å². The molecule has 0 atom stereocenters. The van der Waals surface area contributed by atoms with Gasteiger partial charge in [0.25, 0.3) is 0 Å². The summed E-state index contributed by atoms with van der Waals surface area (Å²) >= 11 is -1.04. The van der Waals surface area contributed by atoms with Crippen LogP contribution in [0.15, 0.2) is 30.7 Å². The van der Waals surface area contributed by atoms with Crippen LogP contribution in [0.25, 0.3) is 11.3 Å². The van der Waals surface area contributed by atoms with Crippen LogP contribution in [-0.4, -0.2) is 54.2 Å². The zero-order valence-electron chi connectivity index (χ0n) is 22.6. The molecular formula is C23H24AsN6O2. The maximum absolute atomic E-state index is 13.0. The van der Waals surface area contributed by atoms with Crippen molar-refractivity contribution in [1.29, 1.82) is 0 Å². The first-order valence-corrected chi connectivity index (χ1v) is 12.1. The molecule has 2 aliphatic rings. The normalized spacial score (nSPS) is 19.3. The van der Waals surface area contributed by atoms with Crippen LogP contribution >= 0.6 is 0 Å². The van der Waals surface area contributed by atoms with E-state index >= 15 is 0 Å². The van der Waals surface area contributed by atoms with E-state index in [0.29, 0.717) is 25.8 Å². The standard InChI is InChI=1S/C23H24AsN6O2/c1-4-18(31)16-10-26-19(27-23(32)13-5-6-13)9-17(16)24-22-21-15(7-8-25-22)20-14(11-29(21)2)12-30(3)28-20/h7-10,12-13H,4-6,11H2,1-3H3,(H,26,27,32)/i1D3,11D2. The molecule has 1 saturated carbocycles. The second kappa shape index (κ2) is 8.17. The molecule has 8 nitrogen and oxygen atoms in total. The van der Waals surface area contributed by atoms with Crippen molar-refractivity contribution in [2.75, 3.05) is 17.3 Å². The Morgan fingerprint density at radius 1 is 1.34 bits per heavy atom. The van der Waals surface area contributed by atoms with Crippen molar-refractivity contribution < 1.29 is 16.4 Å². The number of nitrogens with one attached hydrogen (secondary N) is 1. The summed E-state index contributed by atoms with van der Waals surface area (Å²) in [4.78, 5) is 35.6. The van der Waals surface area contributed by atoms with Crippen LogP contribution in [0.1, 0.15) is 48.9 Å². The van der Waals surface area contributed by atoms with Crippen molar-refractivity contribution in [3.63, 3.8) is 0 Å². The number of fused-ring (bicyclic) bond motifs is 3. The van der Waals surface area contributed by atoms with Crippen LogP contribution in [0.5, 0.6) is 0 Å². The van der Waals surface area contributed by atoms with Crippen molar-refractivity contribution in [3.05, 3.63) is 41.9 Å². The van der Waals surface area contributed by atoms with Crippen LogP contribution in [0.2, 0.25) is 0 Å². The van der Waals surface area contributed by atoms with Gasteiger partial charge in [-0.25, -0.2) is 0 Å². The quantitative estimate of drug-likeness (QED) is 0.410. The fourth-order valence-corrected chi connectivity index (χ4v) is 6.21. The van der Waals surface area contributed by atoms with Crippen molar-refractivity contribution in [3.8, 4) is 11.3 Å². The van der Waals surface area contributed by atoms with E-state index < -0.39 is 41.3 Å². The van der Waals surface area contributed by atoms with Gasteiger partial charge in [-0.1, -0.05) is 0 Å². The third-order valence-electron chi connectivity index (χ3n) is 5.38. The van der Waals surface area contributed by atoms with Gasteiger partial charge in [0.15, 0.2) is 0 Å². The van der Waals surface area contributed by atoms with E-state index in [-0.39, 0.29) is 23.2 Å². The summed E-state index contributed by atoms with van der Waals surface area (Å²) in [6.07, 6.45) is 5.60. The van der Waals surface area contributed by atoms with Gasteiger partial charge in [-0.15, -0.1) is 0 Å². The van der Waals surface area contributed by atoms with E-state index in [0.717, 1.165) is 18.4 Å². The molecule has 0 saturated heterocycles. The molecule has 9 heteroatoms. The van der Waals surface area contributed by atoms with Gasteiger partial charge in [0, 0.05) is 0 Å².